The number of nitrogens with one attached hydrogen (secondary N) is 1. The number of nitrogens with zero attached hydrogens (tertiary/aromatic N) is 1. The molecule has 0 aliphatic heterocycles. The third kappa shape index (κ3) is 4.00. The first-order chi connectivity index (χ1) is 7.70. The van der Waals surface area contributed by atoms with Gasteiger partial charge in [-0.15, -0.1) is 0 Å². The highest BCUT2D eigenvalue weighted by atomic mass is 79.9. The van der Waals surface area contributed by atoms with Crippen LogP contribution in [0.5, 0.6) is 0 Å². The van der Waals surface area contributed by atoms with E-state index in [1.54, 1.807) is 19.1 Å². The van der Waals surface area contributed by atoms with Crippen LogP contribution in [-0.2, 0) is 0 Å². The van der Waals surface area contributed by atoms with E-state index >= 15 is 0 Å². The van der Waals surface area contributed by atoms with Gasteiger partial charge in [0.25, 0.3) is 5.69 Å². The fourth-order valence-electron chi connectivity index (χ4n) is 1.35. The van der Waals surface area contributed by atoms with E-state index in [0.29, 0.717) is 5.56 Å². The summed E-state index contributed by atoms with van der Waals surface area (Å²) in [4.78, 5) is 10.5. The van der Waals surface area contributed by atoms with E-state index in [1.165, 1.54) is 0 Å². The van der Waals surface area contributed by atoms with Crippen LogP contribution in [0.15, 0.2) is 16.6 Å². The van der Waals surface area contributed by atoms with Crippen LogP contribution in [0.1, 0.15) is 26.3 Å². The second-order valence-corrected chi connectivity index (χ2v) is 6.14. The van der Waals surface area contributed by atoms with Crippen molar-refractivity contribution in [3.63, 3.8) is 0 Å². The van der Waals surface area contributed by atoms with Crippen LogP contribution < -0.4 is 5.32 Å². The summed E-state index contributed by atoms with van der Waals surface area (Å²) in [7, 11) is 0. The lowest BCUT2D eigenvalue weighted by atomic mass is 9.97. The van der Waals surface area contributed by atoms with Gasteiger partial charge in [-0.1, -0.05) is 20.8 Å². The Bertz CT molecular complexity index is 439. The second-order valence-electron chi connectivity index (χ2n) is 5.29. The zero-order valence-electron chi connectivity index (χ0n) is 10.5. The van der Waals surface area contributed by atoms with Crippen molar-refractivity contribution in [1.82, 2.24) is 0 Å². The molecule has 1 rings (SSSR count). The van der Waals surface area contributed by atoms with Crippen molar-refractivity contribution in [2.75, 3.05) is 11.9 Å². The third-order valence-corrected chi connectivity index (χ3v) is 2.95. The largest absolute Gasteiger partial charge is 0.383 e. The maximum absolute atomic E-state index is 10.8. The van der Waals surface area contributed by atoms with Crippen molar-refractivity contribution in [1.29, 1.82) is 0 Å². The molecule has 0 saturated heterocycles. The number of nitro groups is 1. The van der Waals surface area contributed by atoms with Gasteiger partial charge in [-0.2, -0.15) is 0 Å². The zero-order valence-corrected chi connectivity index (χ0v) is 12.1. The molecular weight excluding hydrogens is 284 g/mol. The van der Waals surface area contributed by atoms with E-state index in [2.05, 4.69) is 42.0 Å². The van der Waals surface area contributed by atoms with Gasteiger partial charge in [-0.25, -0.2) is 0 Å². The normalized spacial score (nSPS) is 11.4. The molecule has 0 radical (unpaired) electrons. The minimum atomic E-state index is -0.357. The maximum atomic E-state index is 10.8. The topological polar surface area (TPSA) is 55.2 Å². The summed E-state index contributed by atoms with van der Waals surface area (Å²) in [5.74, 6) is 0. The molecule has 94 valence electrons. The molecule has 17 heavy (non-hydrogen) atoms. The lowest BCUT2D eigenvalue weighted by molar-refractivity contribution is -0.385. The van der Waals surface area contributed by atoms with Crippen molar-refractivity contribution in [2.45, 2.75) is 27.7 Å². The maximum Gasteiger partial charge on any atom is 0.274 e. The second kappa shape index (κ2) is 5.04. The lowest BCUT2D eigenvalue weighted by Crippen LogP contribution is -2.19. The summed E-state index contributed by atoms with van der Waals surface area (Å²) >= 11 is 3.41. The highest BCUT2D eigenvalue weighted by Crippen LogP contribution is 2.31. The molecule has 0 amide bonds. The Morgan fingerprint density at radius 2 is 2.00 bits per heavy atom. The van der Waals surface area contributed by atoms with Crippen LogP contribution in [0.25, 0.3) is 0 Å². The summed E-state index contributed by atoms with van der Waals surface area (Å²) in [6.45, 7) is 8.81. The van der Waals surface area contributed by atoms with Crippen LogP contribution in [0, 0.1) is 22.5 Å². The number of hydrogen-bond acceptors (Lipinski definition) is 3. The van der Waals surface area contributed by atoms with Crippen LogP contribution >= 0.6 is 15.9 Å². The Morgan fingerprint density at radius 1 is 1.41 bits per heavy atom. The van der Waals surface area contributed by atoms with Gasteiger partial charge >= 0.3 is 0 Å². The van der Waals surface area contributed by atoms with Gasteiger partial charge < -0.3 is 5.32 Å². The third-order valence-electron chi connectivity index (χ3n) is 2.29. The van der Waals surface area contributed by atoms with E-state index in [1.807, 2.05) is 0 Å². The number of anilines is 1. The van der Waals surface area contributed by atoms with Gasteiger partial charge in [0, 0.05) is 22.6 Å². The van der Waals surface area contributed by atoms with Crippen molar-refractivity contribution in [3.05, 3.63) is 32.3 Å². The molecule has 0 unspecified atom stereocenters. The van der Waals surface area contributed by atoms with Crippen molar-refractivity contribution < 1.29 is 4.92 Å². The molecule has 4 nitrogen and oxygen atoms in total. The van der Waals surface area contributed by atoms with E-state index in [9.17, 15) is 10.1 Å². The van der Waals surface area contributed by atoms with E-state index in [0.717, 1.165) is 16.7 Å². The smallest absolute Gasteiger partial charge is 0.274 e. The molecule has 0 saturated carbocycles. The number of rotatable bonds is 3. The molecule has 0 aliphatic carbocycles. The number of benzene rings is 1. The molecule has 1 aromatic rings. The summed E-state index contributed by atoms with van der Waals surface area (Å²) in [5.41, 5.74) is 1.68. The first kappa shape index (κ1) is 14.0. The fourth-order valence-corrected chi connectivity index (χ4v) is 1.95. The van der Waals surface area contributed by atoms with Crippen molar-refractivity contribution >= 4 is 27.3 Å². The van der Waals surface area contributed by atoms with E-state index < -0.39 is 0 Å². The minimum absolute atomic E-state index is 0.124. The van der Waals surface area contributed by atoms with Crippen LogP contribution in [-0.4, -0.2) is 11.5 Å². The van der Waals surface area contributed by atoms with Crippen LogP contribution in [0.4, 0.5) is 11.4 Å². The Kier molecular flexibility index (Phi) is 4.14. The molecule has 1 aromatic carbocycles. The average Bonchev–Trinajstić information content (AvgIpc) is 2.14. The predicted octanol–water partition coefficient (Wildman–Crippen LogP) is 4.12. The molecule has 0 heterocycles. The van der Waals surface area contributed by atoms with Gasteiger partial charge in [0.15, 0.2) is 0 Å². The van der Waals surface area contributed by atoms with Crippen LogP contribution in [0.2, 0.25) is 0 Å². The quantitative estimate of drug-likeness (QED) is 0.675. The Hall–Kier alpha value is -1.10. The van der Waals surface area contributed by atoms with Crippen molar-refractivity contribution in [2.24, 2.45) is 5.41 Å². The molecule has 5 heteroatoms. The Labute approximate surface area is 110 Å². The molecule has 0 fully saturated rings. The first-order valence-electron chi connectivity index (χ1n) is 5.39. The van der Waals surface area contributed by atoms with Gasteiger partial charge in [-0.3, -0.25) is 10.1 Å². The lowest BCUT2D eigenvalue weighted by Gasteiger charge is -2.20. The van der Waals surface area contributed by atoms with E-state index in [4.69, 9.17) is 0 Å². The number of aryl methyl sites for hydroxylation is 1. The molecule has 0 bridgehead atoms. The SMILES string of the molecule is Cc1cc(Br)c(NCC(C)(C)C)cc1[N+](=O)[O-]. The Balaban J connectivity index is 3.00. The minimum Gasteiger partial charge on any atom is -0.383 e. The fraction of sp³-hybridized carbons (Fsp3) is 0.500. The summed E-state index contributed by atoms with van der Waals surface area (Å²) < 4.78 is 0.852. The summed E-state index contributed by atoms with van der Waals surface area (Å²) in [6.07, 6.45) is 0. The first-order valence-corrected chi connectivity index (χ1v) is 6.18. The zero-order chi connectivity index (χ0) is 13.2. The van der Waals surface area contributed by atoms with Gasteiger partial charge in [0.05, 0.1) is 10.6 Å². The highest BCUT2D eigenvalue weighted by Gasteiger charge is 2.16. The number of hydrogen-bond donors (Lipinski definition) is 1. The van der Waals surface area contributed by atoms with Gasteiger partial charge in [0.1, 0.15) is 0 Å². The molecule has 0 aromatic heterocycles. The predicted molar refractivity (Wildman–Crippen MR) is 73.5 cm³/mol. The molecule has 0 spiro atoms. The average molecular weight is 301 g/mol. The number of nitro benzene ring substituents is 1. The van der Waals surface area contributed by atoms with Crippen LogP contribution in [0.3, 0.4) is 0 Å². The summed E-state index contributed by atoms with van der Waals surface area (Å²) in [5, 5.41) is 14.1. The molecule has 0 aliphatic rings. The highest BCUT2D eigenvalue weighted by molar-refractivity contribution is 9.10. The van der Waals surface area contributed by atoms with Gasteiger partial charge in [-0.05, 0) is 34.3 Å². The standard InChI is InChI=1S/C12H17BrN2O2/c1-8-5-9(13)10(6-11(8)15(16)17)14-7-12(2,3)4/h5-6,14H,7H2,1-4H3. The van der Waals surface area contributed by atoms with E-state index in [-0.39, 0.29) is 16.0 Å². The molecular formula is C12H17BrN2O2. The number of halogens is 1. The molecule has 1 N–H and O–H groups in total. The van der Waals surface area contributed by atoms with Gasteiger partial charge in [0.2, 0.25) is 0 Å². The van der Waals surface area contributed by atoms with Crippen molar-refractivity contribution in [3.8, 4) is 0 Å². The Morgan fingerprint density at radius 3 is 2.47 bits per heavy atom. The molecule has 0 atom stereocenters. The summed E-state index contributed by atoms with van der Waals surface area (Å²) in [6, 6.07) is 3.34. The monoisotopic (exact) mass is 300 g/mol.